The Morgan fingerprint density at radius 2 is 2.00 bits per heavy atom. The maximum atomic E-state index is 10.4. The van der Waals surface area contributed by atoms with Gasteiger partial charge in [0, 0.05) is 0 Å². The van der Waals surface area contributed by atoms with Crippen LogP contribution in [0.1, 0.15) is 5.56 Å². The fourth-order valence-corrected chi connectivity index (χ4v) is 1.02. The van der Waals surface area contributed by atoms with Gasteiger partial charge in [-0.2, -0.15) is 0 Å². The van der Waals surface area contributed by atoms with E-state index in [0.29, 0.717) is 5.56 Å². The molecule has 0 fully saturated rings. The zero-order valence-electron chi connectivity index (χ0n) is 6.94. The van der Waals surface area contributed by atoms with Gasteiger partial charge < -0.3 is 16.6 Å². The van der Waals surface area contributed by atoms with Crippen molar-refractivity contribution >= 4 is 17.1 Å². The Morgan fingerprint density at radius 1 is 1.46 bits per heavy atom. The van der Waals surface area contributed by atoms with Crippen molar-refractivity contribution in [3.05, 3.63) is 21.7 Å². The lowest BCUT2D eigenvalue weighted by molar-refractivity contribution is -0.384. The summed E-state index contributed by atoms with van der Waals surface area (Å²) in [5.41, 5.74) is 10.7. The standard InChI is InChI=1S/C7H9N3O3/c1-3-2-4(11)7(10(12)13)6(9)5(3)8/h2,11H,8-9H2,1H3. The molecule has 70 valence electrons. The summed E-state index contributed by atoms with van der Waals surface area (Å²) in [5.74, 6) is -0.464. The highest BCUT2D eigenvalue weighted by Crippen LogP contribution is 2.38. The van der Waals surface area contributed by atoms with Gasteiger partial charge in [-0.05, 0) is 18.6 Å². The third-order valence-corrected chi connectivity index (χ3v) is 1.75. The van der Waals surface area contributed by atoms with Crippen LogP contribution < -0.4 is 11.5 Å². The largest absolute Gasteiger partial charge is 0.502 e. The van der Waals surface area contributed by atoms with Gasteiger partial charge in [0.25, 0.3) is 0 Å². The van der Waals surface area contributed by atoms with Gasteiger partial charge in [-0.15, -0.1) is 0 Å². The number of anilines is 2. The Hall–Kier alpha value is -1.98. The van der Waals surface area contributed by atoms with Crippen molar-refractivity contribution in [2.45, 2.75) is 6.92 Å². The van der Waals surface area contributed by atoms with Crippen molar-refractivity contribution in [3.63, 3.8) is 0 Å². The first-order valence-electron chi connectivity index (χ1n) is 3.47. The van der Waals surface area contributed by atoms with E-state index in [9.17, 15) is 15.2 Å². The topological polar surface area (TPSA) is 115 Å². The summed E-state index contributed by atoms with van der Waals surface area (Å²) in [6.07, 6.45) is 0. The molecule has 0 heterocycles. The number of aromatic hydroxyl groups is 1. The summed E-state index contributed by atoms with van der Waals surface area (Å²) in [4.78, 5) is 9.65. The third kappa shape index (κ3) is 1.33. The minimum absolute atomic E-state index is 0.129. The fourth-order valence-electron chi connectivity index (χ4n) is 1.02. The van der Waals surface area contributed by atoms with Crippen molar-refractivity contribution in [2.24, 2.45) is 0 Å². The molecule has 0 radical (unpaired) electrons. The Balaban J connectivity index is 3.53. The van der Waals surface area contributed by atoms with Gasteiger partial charge in [-0.1, -0.05) is 0 Å². The molecular formula is C7H9N3O3. The number of nitrogen functional groups attached to an aromatic ring is 2. The quantitative estimate of drug-likeness (QED) is 0.257. The second kappa shape index (κ2) is 2.81. The van der Waals surface area contributed by atoms with Crippen molar-refractivity contribution in [3.8, 4) is 5.75 Å². The number of rotatable bonds is 1. The Morgan fingerprint density at radius 3 is 2.46 bits per heavy atom. The maximum Gasteiger partial charge on any atom is 0.335 e. The van der Waals surface area contributed by atoms with Crippen LogP contribution in [0.3, 0.4) is 0 Å². The molecule has 5 N–H and O–H groups in total. The lowest BCUT2D eigenvalue weighted by Crippen LogP contribution is -2.02. The molecule has 0 amide bonds. The van der Waals surface area contributed by atoms with E-state index in [4.69, 9.17) is 11.5 Å². The highest BCUT2D eigenvalue weighted by atomic mass is 16.6. The van der Waals surface area contributed by atoms with Gasteiger partial charge >= 0.3 is 5.69 Å². The summed E-state index contributed by atoms with van der Waals surface area (Å²) in [6.45, 7) is 1.61. The van der Waals surface area contributed by atoms with Crippen LogP contribution in [0.15, 0.2) is 6.07 Å². The van der Waals surface area contributed by atoms with E-state index < -0.39 is 16.4 Å². The predicted molar refractivity (Wildman–Crippen MR) is 48.3 cm³/mol. The van der Waals surface area contributed by atoms with Crippen molar-refractivity contribution in [2.75, 3.05) is 11.5 Å². The first kappa shape index (κ1) is 9.11. The van der Waals surface area contributed by atoms with Crippen LogP contribution in [0.5, 0.6) is 5.75 Å². The van der Waals surface area contributed by atoms with E-state index in [1.54, 1.807) is 6.92 Å². The molecular weight excluding hydrogens is 174 g/mol. The highest BCUT2D eigenvalue weighted by molar-refractivity contribution is 5.80. The van der Waals surface area contributed by atoms with Crippen LogP contribution in [-0.2, 0) is 0 Å². The minimum Gasteiger partial charge on any atom is -0.502 e. The van der Waals surface area contributed by atoms with Crippen LogP contribution in [-0.4, -0.2) is 10.0 Å². The van der Waals surface area contributed by atoms with Crippen LogP contribution in [0.2, 0.25) is 0 Å². The van der Waals surface area contributed by atoms with E-state index in [-0.39, 0.29) is 11.4 Å². The first-order chi connectivity index (χ1) is 5.95. The number of aryl methyl sites for hydroxylation is 1. The molecule has 6 nitrogen and oxygen atoms in total. The smallest absolute Gasteiger partial charge is 0.335 e. The number of phenols is 1. The normalized spacial score (nSPS) is 9.92. The number of benzene rings is 1. The SMILES string of the molecule is Cc1cc(O)c([N+](=O)[O-])c(N)c1N. The zero-order chi connectivity index (χ0) is 10.2. The average molecular weight is 183 g/mol. The lowest BCUT2D eigenvalue weighted by Gasteiger charge is -2.05. The summed E-state index contributed by atoms with van der Waals surface area (Å²) in [5, 5.41) is 19.6. The molecule has 0 bridgehead atoms. The number of nitrogens with zero attached hydrogens (tertiary/aromatic N) is 1. The molecule has 1 rings (SSSR count). The molecule has 13 heavy (non-hydrogen) atoms. The van der Waals surface area contributed by atoms with Crippen LogP contribution in [0.4, 0.5) is 17.1 Å². The van der Waals surface area contributed by atoms with E-state index in [0.717, 1.165) is 0 Å². The maximum absolute atomic E-state index is 10.4. The minimum atomic E-state index is -0.763. The Bertz CT molecular complexity index is 376. The van der Waals surface area contributed by atoms with Gasteiger partial charge in [-0.25, -0.2) is 0 Å². The van der Waals surface area contributed by atoms with E-state index >= 15 is 0 Å². The third-order valence-electron chi connectivity index (χ3n) is 1.75. The van der Waals surface area contributed by atoms with Crippen molar-refractivity contribution < 1.29 is 10.0 Å². The molecule has 0 atom stereocenters. The first-order valence-corrected chi connectivity index (χ1v) is 3.47. The van der Waals surface area contributed by atoms with Gasteiger partial charge in [-0.3, -0.25) is 10.1 Å². The van der Waals surface area contributed by atoms with Crippen LogP contribution in [0, 0.1) is 17.0 Å². The lowest BCUT2D eigenvalue weighted by atomic mass is 10.1. The number of hydrogen-bond donors (Lipinski definition) is 3. The molecule has 0 aliphatic carbocycles. The molecule has 1 aromatic carbocycles. The summed E-state index contributed by atoms with van der Waals surface area (Å²) in [7, 11) is 0. The fraction of sp³-hybridized carbons (Fsp3) is 0.143. The van der Waals surface area contributed by atoms with E-state index in [2.05, 4.69) is 0 Å². The van der Waals surface area contributed by atoms with Gasteiger partial charge in [0.2, 0.25) is 0 Å². The molecule has 0 unspecified atom stereocenters. The molecule has 0 spiro atoms. The average Bonchev–Trinajstić information content (AvgIpc) is 1.99. The number of nitro benzene ring substituents is 1. The Kier molecular flexibility index (Phi) is 1.97. The van der Waals surface area contributed by atoms with Crippen LogP contribution >= 0.6 is 0 Å². The molecule has 6 heteroatoms. The molecule has 0 saturated carbocycles. The van der Waals surface area contributed by atoms with E-state index in [1.165, 1.54) is 6.07 Å². The second-order valence-corrected chi connectivity index (χ2v) is 2.65. The van der Waals surface area contributed by atoms with Gasteiger partial charge in [0.1, 0.15) is 5.69 Å². The predicted octanol–water partition coefficient (Wildman–Crippen LogP) is 0.773. The molecule has 1 aromatic rings. The molecule has 0 aliphatic heterocycles. The monoisotopic (exact) mass is 183 g/mol. The number of nitrogens with two attached hydrogens (primary N) is 2. The zero-order valence-corrected chi connectivity index (χ0v) is 6.94. The number of nitro groups is 1. The molecule has 0 aliphatic rings. The number of phenolic OH excluding ortho intramolecular Hbond substituents is 1. The molecule has 0 saturated heterocycles. The summed E-state index contributed by atoms with van der Waals surface area (Å²) < 4.78 is 0. The van der Waals surface area contributed by atoms with E-state index in [1.807, 2.05) is 0 Å². The summed E-state index contributed by atoms with van der Waals surface area (Å²) >= 11 is 0. The van der Waals surface area contributed by atoms with Crippen LogP contribution in [0.25, 0.3) is 0 Å². The summed E-state index contributed by atoms with van der Waals surface area (Å²) in [6, 6.07) is 1.21. The number of hydrogen-bond acceptors (Lipinski definition) is 5. The molecule has 0 aromatic heterocycles. The highest BCUT2D eigenvalue weighted by Gasteiger charge is 2.21. The van der Waals surface area contributed by atoms with Crippen molar-refractivity contribution in [1.82, 2.24) is 0 Å². The van der Waals surface area contributed by atoms with Gasteiger partial charge in [0.05, 0.1) is 10.6 Å². The van der Waals surface area contributed by atoms with Gasteiger partial charge in [0.15, 0.2) is 5.75 Å². The van der Waals surface area contributed by atoms with Crippen molar-refractivity contribution in [1.29, 1.82) is 0 Å². The Labute approximate surface area is 73.9 Å². The second-order valence-electron chi connectivity index (χ2n) is 2.65.